The molecule has 0 saturated carbocycles. The van der Waals surface area contributed by atoms with Gasteiger partial charge in [-0.3, -0.25) is 0 Å². The largest absolute Gasteiger partial charge is 0.168 e. The first-order valence-electron chi connectivity index (χ1n) is 29.9. The van der Waals surface area contributed by atoms with E-state index in [1.54, 1.807) is 0 Å². The highest BCUT2D eigenvalue weighted by Gasteiger charge is 2.44. The average molecular weight is 1380 g/mol. The Morgan fingerprint density at radius 1 is 0.189 bits per heavy atom. The van der Waals surface area contributed by atoms with Crippen LogP contribution in [0.4, 0.5) is 0 Å². The van der Waals surface area contributed by atoms with Crippen LogP contribution in [0.5, 0.6) is 0 Å². The van der Waals surface area contributed by atoms with Gasteiger partial charge in [-0.2, -0.15) is 66.5 Å². The van der Waals surface area contributed by atoms with Gasteiger partial charge in [-0.1, -0.05) is 301 Å². The SMILES string of the molecule is C[Si](C)(Cl)CC[Si](C)(C)CC[Si](CC[Si](C)(C)CC[Si](C)(C)Cl)(CC[Si](C)(C)CC[Si](C)(C)Cl)c1ccc([Si](CC[Si](C)(C)CC[Si](C)(C)Cl)(CC[Si](C)(C)CC[Si](C)(C)Cl)CC[Si](C)(C)CC[Si](C)(C)Cl)cc1. The molecule has 0 aliphatic rings. The molecule has 0 radical (unpaired) electrons. The Morgan fingerprint density at radius 2 is 0.297 bits per heavy atom. The number of hydrogen-bond donors (Lipinski definition) is 0. The van der Waals surface area contributed by atoms with Crippen molar-refractivity contribution in [2.75, 3.05) is 0 Å². The van der Waals surface area contributed by atoms with Crippen molar-refractivity contribution in [2.45, 2.75) is 302 Å². The molecule has 0 unspecified atom stereocenters. The summed E-state index contributed by atoms with van der Waals surface area (Å²) in [4.78, 5) is 0. The van der Waals surface area contributed by atoms with Gasteiger partial charge in [0.05, 0.1) is 16.1 Å². The standard InChI is InChI=1S/C54H124Cl6Si14/c1-61(2,29-41-67(13,14)55)35-47-73(48-36-62(3,4)30-42-68(15,16)56,49-37-63(5,6)31-43-69(17,18)57)53-25-27-54(28-26-53)74(50-38-64(7,8)32-44-70(19,20)58,51-39-65(9,10)33-45-71(21,22)59)52-40-66(11,12)34-46-72(23,24)60/h25-28H,29-52H2,1-24H3. The van der Waals surface area contributed by atoms with E-state index in [9.17, 15) is 0 Å². The second kappa shape index (κ2) is 29.9. The van der Waals surface area contributed by atoms with Crippen LogP contribution in [0.25, 0.3) is 0 Å². The van der Waals surface area contributed by atoms with Gasteiger partial charge in [-0.25, -0.2) is 0 Å². The fraction of sp³-hybridized carbons (Fsp3) is 0.889. The molecular weight excluding hydrogens is 1250 g/mol. The lowest BCUT2D eigenvalue weighted by atomic mass is 10.4. The average Bonchev–Trinajstić information content (AvgIpc) is 3.21. The first-order chi connectivity index (χ1) is 32.7. The van der Waals surface area contributed by atoms with E-state index in [-0.39, 0.29) is 0 Å². The molecule has 0 aliphatic heterocycles. The van der Waals surface area contributed by atoms with Crippen molar-refractivity contribution < 1.29 is 0 Å². The molecule has 0 bridgehead atoms. The predicted octanol–water partition coefficient (Wildman–Crippen LogP) is 23.9. The molecule has 0 amide bonds. The van der Waals surface area contributed by atoms with Crippen molar-refractivity contribution >= 4 is 186 Å². The van der Waals surface area contributed by atoms with Crippen LogP contribution in [0.2, 0.25) is 302 Å². The summed E-state index contributed by atoms with van der Waals surface area (Å²) < 4.78 is 0. The zero-order valence-corrected chi connectivity index (χ0v) is 72.1. The summed E-state index contributed by atoms with van der Waals surface area (Å²) in [5.74, 6) is 0. The molecule has 20 heteroatoms. The van der Waals surface area contributed by atoms with Crippen molar-refractivity contribution in [3.05, 3.63) is 24.3 Å². The molecule has 74 heavy (non-hydrogen) atoms. The minimum Gasteiger partial charge on any atom is -0.168 e. The maximum absolute atomic E-state index is 7.11. The zero-order valence-electron chi connectivity index (χ0n) is 53.5. The molecule has 1 aromatic rings. The lowest BCUT2D eigenvalue weighted by molar-refractivity contribution is 1.10. The topological polar surface area (TPSA) is 0 Å². The van der Waals surface area contributed by atoms with Gasteiger partial charge in [0, 0.05) is 48.4 Å². The molecule has 0 N–H and O–H groups in total. The highest BCUT2D eigenvalue weighted by Crippen LogP contribution is 2.42. The second-order valence-corrected chi connectivity index (χ2v) is 117. The molecule has 0 nitrogen and oxygen atoms in total. The second-order valence-electron chi connectivity index (χ2n) is 33.4. The Morgan fingerprint density at radius 3 is 0.405 bits per heavy atom. The minimum atomic E-state index is -1.99. The van der Waals surface area contributed by atoms with Crippen LogP contribution in [0.3, 0.4) is 0 Å². The van der Waals surface area contributed by atoms with Crippen LogP contribution < -0.4 is 10.4 Å². The molecule has 0 aromatic heterocycles. The first kappa shape index (κ1) is 76.0. The van der Waals surface area contributed by atoms with Crippen LogP contribution >= 0.6 is 66.5 Å². The van der Waals surface area contributed by atoms with Gasteiger partial charge >= 0.3 is 0 Å². The fourth-order valence-electron chi connectivity index (χ4n) is 10.8. The molecular formula is C54H124Cl6Si14. The zero-order chi connectivity index (χ0) is 58.0. The van der Waals surface area contributed by atoms with Crippen molar-refractivity contribution in [1.82, 2.24) is 0 Å². The minimum absolute atomic E-state index is 1.27. The van der Waals surface area contributed by atoms with Crippen LogP contribution in [-0.2, 0) is 0 Å². The Bertz CT molecular complexity index is 1490. The van der Waals surface area contributed by atoms with E-state index in [4.69, 9.17) is 66.5 Å². The third-order valence-corrected chi connectivity index (χ3v) is 65.8. The van der Waals surface area contributed by atoms with Gasteiger partial charge < -0.3 is 0 Å². The Kier molecular flexibility index (Phi) is 30.7. The van der Waals surface area contributed by atoms with E-state index < -0.39 is 109 Å². The summed E-state index contributed by atoms with van der Waals surface area (Å²) in [6.07, 6.45) is 0. The van der Waals surface area contributed by atoms with Crippen molar-refractivity contribution in [2.24, 2.45) is 0 Å². The molecule has 0 aliphatic carbocycles. The molecule has 0 spiro atoms. The third-order valence-electron chi connectivity index (χ3n) is 18.2. The monoisotopic (exact) mass is 1370 g/mol. The van der Waals surface area contributed by atoms with Gasteiger partial charge in [-0.05, 0) is 36.3 Å². The first-order valence-corrected chi connectivity index (χ1v) is 81.0. The maximum Gasteiger partial charge on any atom is 0.150 e. The van der Waals surface area contributed by atoms with Gasteiger partial charge in [-0.15, -0.1) is 0 Å². The number of benzene rings is 1. The van der Waals surface area contributed by atoms with E-state index in [0.717, 1.165) is 0 Å². The number of rotatable bonds is 38. The molecule has 1 rings (SSSR count). The molecule has 0 fully saturated rings. The fourth-order valence-corrected chi connectivity index (χ4v) is 80.6. The van der Waals surface area contributed by atoms with E-state index in [0.29, 0.717) is 0 Å². The summed E-state index contributed by atoms with van der Waals surface area (Å²) in [6, 6.07) is 44.9. The normalized spacial score (nSPS) is 15.1. The van der Waals surface area contributed by atoms with Crippen molar-refractivity contribution in [3.8, 4) is 0 Å². The Balaban J connectivity index is 4.38. The Hall–Kier alpha value is 4.00. The number of hydrogen-bond acceptors (Lipinski definition) is 0. The molecule has 0 heterocycles. The van der Waals surface area contributed by atoms with E-state index in [1.807, 2.05) is 10.4 Å². The third kappa shape index (κ3) is 35.3. The van der Waals surface area contributed by atoms with Crippen LogP contribution in [0, 0.1) is 0 Å². The smallest absolute Gasteiger partial charge is 0.150 e. The highest BCUT2D eigenvalue weighted by molar-refractivity contribution is 7.21. The summed E-state index contributed by atoms with van der Waals surface area (Å²) in [7, 11) is -22.7. The molecule has 0 atom stereocenters. The van der Waals surface area contributed by atoms with Crippen molar-refractivity contribution in [3.63, 3.8) is 0 Å². The van der Waals surface area contributed by atoms with Gasteiger partial charge in [0.25, 0.3) is 0 Å². The Labute approximate surface area is 506 Å². The lowest BCUT2D eigenvalue weighted by Crippen LogP contribution is -2.54. The van der Waals surface area contributed by atoms with Gasteiger partial charge in [0.1, 0.15) is 44.3 Å². The van der Waals surface area contributed by atoms with Crippen LogP contribution in [0.15, 0.2) is 24.3 Å². The van der Waals surface area contributed by atoms with Crippen molar-refractivity contribution in [1.29, 1.82) is 0 Å². The van der Waals surface area contributed by atoms with E-state index in [1.165, 1.54) is 145 Å². The maximum atomic E-state index is 7.11. The summed E-state index contributed by atoms with van der Waals surface area (Å²) >= 11 is 42.6. The summed E-state index contributed by atoms with van der Waals surface area (Å²) in [5, 5.41) is 3.65. The number of halogens is 6. The molecule has 1 aromatic carbocycles. The van der Waals surface area contributed by atoms with E-state index >= 15 is 0 Å². The van der Waals surface area contributed by atoms with Gasteiger partial charge in [0.2, 0.25) is 0 Å². The van der Waals surface area contributed by atoms with E-state index in [2.05, 4.69) is 181 Å². The summed E-state index contributed by atoms with van der Waals surface area (Å²) in [6.45, 7) is 61.3. The van der Waals surface area contributed by atoms with Gasteiger partial charge in [0.15, 0.2) is 0 Å². The molecule has 438 valence electrons. The van der Waals surface area contributed by atoms with Crippen LogP contribution in [-0.4, -0.2) is 109 Å². The highest BCUT2D eigenvalue weighted by atomic mass is 35.6. The van der Waals surface area contributed by atoms with Crippen LogP contribution in [0.1, 0.15) is 0 Å². The molecule has 0 saturated heterocycles. The quantitative estimate of drug-likeness (QED) is 0.0457. The predicted molar refractivity (Wildman–Crippen MR) is 397 cm³/mol. The summed E-state index contributed by atoms with van der Waals surface area (Å²) in [5.41, 5.74) is 0. The lowest BCUT2D eigenvalue weighted by Gasteiger charge is -2.41.